The van der Waals surface area contributed by atoms with E-state index >= 15 is 0 Å². The highest BCUT2D eigenvalue weighted by atomic mass is 32.2. The van der Waals surface area contributed by atoms with Gasteiger partial charge >= 0.3 is 0 Å². The fourth-order valence-electron chi connectivity index (χ4n) is 5.88. The minimum atomic E-state index is -3.79. The number of aromatic nitrogens is 3. The van der Waals surface area contributed by atoms with E-state index in [0.29, 0.717) is 52.4 Å². The third-order valence-corrected chi connectivity index (χ3v) is 9.92. The normalized spacial score (nSPS) is 21.3. The van der Waals surface area contributed by atoms with Gasteiger partial charge in [-0.25, -0.2) is 22.5 Å². The van der Waals surface area contributed by atoms with Crippen molar-refractivity contribution in [1.82, 2.24) is 19.1 Å². The second kappa shape index (κ2) is 11.6. The number of ether oxygens (including phenoxy) is 3. The van der Waals surface area contributed by atoms with Crippen LogP contribution in [0, 0.1) is 11.2 Å². The largest absolute Gasteiger partial charge is 0.382 e. The summed E-state index contributed by atoms with van der Waals surface area (Å²) in [5.74, 6) is 0.442. The lowest BCUT2D eigenvalue weighted by Crippen LogP contribution is -2.51. The quantitative estimate of drug-likeness (QED) is 0.355. The average Bonchev–Trinajstić information content (AvgIpc) is 3.41. The van der Waals surface area contributed by atoms with E-state index in [1.807, 2.05) is 10.9 Å². The Balaban J connectivity index is 1.28. The van der Waals surface area contributed by atoms with Crippen LogP contribution in [0.25, 0.3) is 11.8 Å². The van der Waals surface area contributed by atoms with Gasteiger partial charge in [0.2, 0.25) is 10.0 Å². The molecule has 0 bridgehead atoms. The minimum absolute atomic E-state index is 0.179. The molecule has 2 saturated heterocycles. The van der Waals surface area contributed by atoms with E-state index < -0.39 is 15.4 Å². The Morgan fingerprint density at radius 3 is 2.59 bits per heavy atom. The zero-order valence-corrected chi connectivity index (χ0v) is 23.9. The van der Waals surface area contributed by atoms with E-state index in [-0.39, 0.29) is 17.3 Å². The highest BCUT2D eigenvalue weighted by molar-refractivity contribution is 7.89. The predicted molar refractivity (Wildman–Crippen MR) is 151 cm³/mol. The molecular formula is C29H34FN5O5S. The van der Waals surface area contributed by atoms with Gasteiger partial charge in [-0.1, -0.05) is 5.57 Å². The Hall–Kier alpha value is -3.16. The minimum Gasteiger partial charge on any atom is -0.382 e. The summed E-state index contributed by atoms with van der Waals surface area (Å²) in [5, 5.41) is 4.60. The molecule has 0 spiro atoms. The lowest BCUT2D eigenvalue weighted by atomic mass is 9.69. The molecule has 6 rings (SSSR count). The average molecular weight is 584 g/mol. The summed E-state index contributed by atoms with van der Waals surface area (Å²) in [5.41, 5.74) is 3.26. The summed E-state index contributed by atoms with van der Waals surface area (Å²) in [6, 6.07) is 9.65. The Morgan fingerprint density at radius 1 is 1.05 bits per heavy atom. The molecule has 1 aromatic carbocycles. The summed E-state index contributed by atoms with van der Waals surface area (Å²) in [4.78, 5) is 6.75. The van der Waals surface area contributed by atoms with E-state index in [1.54, 1.807) is 35.7 Å². The topological polar surface area (TPSA) is 99.0 Å². The number of methoxy groups -OCH3 is 1. The molecule has 3 aromatic rings. The maximum Gasteiger partial charge on any atom is 0.244 e. The van der Waals surface area contributed by atoms with Gasteiger partial charge in [0, 0.05) is 44.9 Å². The highest BCUT2D eigenvalue weighted by Crippen LogP contribution is 2.45. The van der Waals surface area contributed by atoms with Crippen molar-refractivity contribution in [3.05, 3.63) is 71.4 Å². The highest BCUT2D eigenvalue weighted by Gasteiger charge is 2.46. The van der Waals surface area contributed by atoms with Gasteiger partial charge in [0.15, 0.2) is 0 Å². The van der Waals surface area contributed by atoms with Crippen LogP contribution in [0.5, 0.6) is 0 Å². The maximum atomic E-state index is 13.9. The second-order valence-electron chi connectivity index (χ2n) is 10.7. The summed E-state index contributed by atoms with van der Waals surface area (Å²) < 4.78 is 61.3. The van der Waals surface area contributed by atoms with Gasteiger partial charge in [0.25, 0.3) is 0 Å². The Bertz CT molecular complexity index is 1500. The number of pyridine rings is 1. The van der Waals surface area contributed by atoms with E-state index in [0.717, 1.165) is 41.4 Å². The van der Waals surface area contributed by atoms with Crippen LogP contribution in [0.3, 0.4) is 0 Å². The molecule has 12 heteroatoms. The number of piperidine rings is 1. The molecule has 41 heavy (non-hydrogen) atoms. The third-order valence-electron chi connectivity index (χ3n) is 8.09. The van der Waals surface area contributed by atoms with Crippen molar-refractivity contribution in [1.29, 1.82) is 0 Å². The second-order valence-corrected chi connectivity index (χ2v) is 12.6. The molecule has 3 aliphatic rings. The summed E-state index contributed by atoms with van der Waals surface area (Å²) in [6.45, 7) is 4.55. The standard InChI is InChI=1S/C29H34FN5O5S/c1-38-14-15-40-21-29-17-22-18-32-35(25-4-2-24(30)3-5-25)27(22)16-23(29)8-9-34(20-29)41(36,37)26-6-7-28(31-19-26)33-10-12-39-13-11-33/h2-7,16,18-19H,8-15,17,20-21H2,1H3/t29-/m1/s1. The molecule has 0 saturated carbocycles. The van der Waals surface area contributed by atoms with Crippen molar-refractivity contribution in [3.8, 4) is 5.69 Å². The molecule has 1 aliphatic carbocycles. The lowest BCUT2D eigenvalue weighted by molar-refractivity contribution is 0.0147. The van der Waals surface area contributed by atoms with Gasteiger partial charge in [-0.3, -0.25) is 0 Å². The van der Waals surface area contributed by atoms with Crippen LogP contribution >= 0.6 is 0 Å². The number of hydrogen-bond donors (Lipinski definition) is 0. The number of hydrogen-bond acceptors (Lipinski definition) is 8. The first-order valence-corrected chi connectivity index (χ1v) is 15.2. The first kappa shape index (κ1) is 28.0. The number of nitrogens with zero attached hydrogens (tertiary/aromatic N) is 5. The van der Waals surface area contributed by atoms with Crippen LogP contribution in [0.15, 0.2) is 59.3 Å². The van der Waals surface area contributed by atoms with E-state index in [4.69, 9.17) is 14.2 Å². The molecular weight excluding hydrogens is 549 g/mol. The van der Waals surface area contributed by atoms with Gasteiger partial charge in [-0.05, 0) is 60.9 Å². The van der Waals surface area contributed by atoms with E-state index in [9.17, 15) is 12.8 Å². The van der Waals surface area contributed by atoms with Crippen molar-refractivity contribution in [2.24, 2.45) is 5.41 Å². The Kier molecular flexibility index (Phi) is 7.92. The molecule has 0 amide bonds. The van der Waals surface area contributed by atoms with Crippen molar-refractivity contribution in [2.75, 3.05) is 71.2 Å². The molecule has 1 atom stereocenters. The Morgan fingerprint density at radius 2 is 1.85 bits per heavy atom. The maximum absolute atomic E-state index is 13.9. The van der Waals surface area contributed by atoms with Crippen molar-refractivity contribution >= 4 is 21.9 Å². The SMILES string of the molecule is COCCOC[C@]12Cc3cnn(-c4ccc(F)cc4)c3C=C1CCN(S(=O)(=O)c1ccc(N3CCOCC3)nc1)C2. The van der Waals surface area contributed by atoms with Gasteiger partial charge in [0.05, 0.1) is 50.6 Å². The number of anilines is 1. The first-order valence-electron chi connectivity index (χ1n) is 13.8. The molecule has 2 fully saturated rings. The number of fused-ring (bicyclic) bond motifs is 2. The van der Waals surface area contributed by atoms with Crippen LogP contribution in [-0.4, -0.2) is 93.8 Å². The number of morpholine rings is 1. The lowest BCUT2D eigenvalue weighted by Gasteiger charge is -2.45. The smallest absolute Gasteiger partial charge is 0.244 e. The van der Waals surface area contributed by atoms with Crippen molar-refractivity contribution < 1.29 is 27.0 Å². The van der Waals surface area contributed by atoms with Gasteiger partial charge in [-0.2, -0.15) is 9.40 Å². The van der Waals surface area contributed by atoms with Crippen LogP contribution in [0.1, 0.15) is 17.7 Å². The van der Waals surface area contributed by atoms with Crippen LogP contribution in [0.2, 0.25) is 0 Å². The zero-order valence-electron chi connectivity index (χ0n) is 23.0. The first-order chi connectivity index (χ1) is 19.9. The zero-order chi connectivity index (χ0) is 28.5. The molecule has 2 aliphatic heterocycles. The third kappa shape index (κ3) is 5.54. The molecule has 4 heterocycles. The summed E-state index contributed by atoms with van der Waals surface area (Å²) >= 11 is 0. The monoisotopic (exact) mass is 583 g/mol. The van der Waals surface area contributed by atoms with E-state index in [2.05, 4.69) is 21.1 Å². The van der Waals surface area contributed by atoms with Crippen molar-refractivity contribution in [2.45, 2.75) is 17.7 Å². The fraction of sp³-hybridized carbons (Fsp3) is 0.448. The predicted octanol–water partition coefficient (Wildman–Crippen LogP) is 2.93. The molecule has 0 radical (unpaired) electrons. The van der Waals surface area contributed by atoms with E-state index in [1.165, 1.54) is 18.3 Å². The summed E-state index contributed by atoms with van der Waals surface area (Å²) in [6.07, 6.45) is 6.50. The number of rotatable bonds is 9. The van der Waals surface area contributed by atoms with Gasteiger partial charge < -0.3 is 19.1 Å². The van der Waals surface area contributed by atoms with Crippen LogP contribution in [-0.2, 0) is 30.7 Å². The number of sulfonamides is 1. The Labute approximate surface area is 239 Å². The number of benzene rings is 1. The fourth-order valence-corrected chi connectivity index (χ4v) is 7.35. The number of halogens is 1. The van der Waals surface area contributed by atoms with Crippen LogP contribution in [0.4, 0.5) is 10.2 Å². The molecule has 0 unspecified atom stereocenters. The molecule has 10 nitrogen and oxygen atoms in total. The van der Waals surface area contributed by atoms with Gasteiger partial charge in [-0.15, -0.1) is 0 Å². The summed E-state index contributed by atoms with van der Waals surface area (Å²) in [7, 11) is -2.17. The van der Waals surface area contributed by atoms with Crippen LogP contribution < -0.4 is 4.90 Å². The molecule has 218 valence electrons. The van der Waals surface area contributed by atoms with Gasteiger partial charge in [0.1, 0.15) is 16.5 Å². The molecule has 0 N–H and O–H groups in total. The molecule has 2 aromatic heterocycles. The van der Waals surface area contributed by atoms with Crippen molar-refractivity contribution in [3.63, 3.8) is 0 Å².